The van der Waals surface area contributed by atoms with E-state index in [9.17, 15) is 0 Å². The number of halogens is 2. The molecule has 1 heterocycles. The summed E-state index contributed by atoms with van der Waals surface area (Å²) in [6.07, 6.45) is 0. The van der Waals surface area contributed by atoms with Crippen molar-refractivity contribution in [3.05, 3.63) is 68.6 Å². The fraction of sp³-hybridized carbons (Fsp3) is 0.111. The maximum absolute atomic E-state index is 3.50. The van der Waals surface area contributed by atoms with Gasteiger partial charge in [-0.25, -0.2) is 0 Å². The van der Waals surface area contributed by atoms with E-state index in [1.165, 1.54) is 32.0 Å². The van der Waals surface area contributed by atoms with Crippen molar-refractivity contribution in [2.24, 2.45) is 0 Å². The van der Waals surface area contributed by atoms with Crippen LogP contribution in [0, 0.1) is 13.8 Å². The molecule has 0 saturated heterocycles. The van der Waals surface area contributed by atoms with Crippen LogP contribution in [0.4, 0.5) is 0 Å². The molecule has 2 aromatic carbocycles. The molecule has 0 unspecified atom stereocenters. The molecule has 0 N–H and O–H groups in total. The highest BCUT2D eigenvalue weighted by atomic mass is 79.9. The molecule has 0 aliphatic rings. The van der Waals surface area contributed by atoms with E-state index in [4.69, 9.17) is 0 Å². The third kappa shape index (κ3) is 3.01. The molecule has 0 spiro atoms. The largest absolute Gasteiger partial charge is 0.135 e. The van der Waals surface area contributed by atoms with E-state index in [0.29, 0.717) is 0 Å². The number of rotatable bonds is 2. The Labute approximate surface area is 146 Å². The molecule has 0 nitrogen and oxygen atoms in total. The summed E-state index contributed by atoms with van der Waals surface area (Å²) in [7, 11) is 0. The van der Waals surface area contributed by atoms with Gasteiger partial charge in [0.25, 0.3) is 0 Å². The van der Waals surface area contributed by atoms with Gasteiger partial charge in [0.1, 0.15) is 0 Å². The fourth-order valence-corrected chi connectivity index (χ4v) is 4.20. The predicted molar refractivity (Wildman–Crippen MR) is 100 cm³/mol. The fourth-order valence-electron chi connectivity index (χ4n) is 2.35. The van der Waals surface area contributed by atoms with Crippen molar-refractivity contribution < 1.29 is 0 Å². The highest BCUT2D eigenvalue weighted by Gasteiger charge is 2.14. The van der Waals surface area contributed by atoms with E-state index in [2.05, 4.69) is 94.2 Å². The lowest BCUT2D eigenvalue weighted by Gasteiger charge is -2.00. The van der Waals surface area contributed by atoms with Gasteiger partial charge in [0.2, 0.25) is 0 Å². The lowest BCUT2D eigenvalue weighted by molar-refractivity contribution is 1.40. The van der Waals surface area contributed by atoms with Crippen LogP contribution in [0.25, 0.3) is 20.9 Å². The molecule has 3 heteroatoms. The second-order valence-electron chi connectivity index (χ2n) is 5.02. The molecular weight excluding hydrogens is 408 g/mol. The van der Waals surface area contributed by atoms with E-state index in [-0.39, 0.29) is 0 Å². The molecule has 0 bridgehead atoms. The molecule has 106 valence electrons. The zero-order valence-corrected chi connectivity index (χ0v) is 15.8. The average Bonchev–Trinajstić information content (AvgIpc) is 2.78. The summed E-state index contributed by atoms with van der Waals surface area (Å²) in [4.78, 5) is 2.72. The van der Waals surface area contributed by atoms with E-state index in [1.54, 1.807) is 0 Å². The molecule has 3 aromatic rings. The second kappa shape index (κ2) is 6.07. The van der Waals surface area contributed by atoms with Gasteiger partial charge in [0.05, 0.1) is 0 Å². The van der Waals surface area contributed by atoms with Gasteiger partial charge in [-0.15, -0.1) is 11.3 Å². The normalized spacial score (nSPS) is 10.9. The molecule has 21 heavy (non-hydrogen) atoms. The Bertz CT molecular complexity index is 702. The maximum Gasteiger partial charge on any atom is 0.0381 e. The summed E-state index contributed by atoms with van der Waals surface area (Å²) < 4.78 is 2.23. The van der Waals surface area contributed by atoms with Gasteiger partial charge < -0.3 is 0 Å². The Morgan fingerprint density at radius 2 is 0.952 bits per heavy atom. The van der Waals surface area contributed by atoms with E-state index in [1.807, 2.05) is 11.3 Å². The Morgan fingerprint density at radius 3 is 1.29 bits per heavy atom. The smallest absolute Gasteiger partial charge is 0.0381 e. The first-order chi connectivity index (χ1) is 10.1. The molecule has 1 aromatic heterocycles. The van der Waals surface area contributed by atoms with Crippen molar-refractivity contribution in [3.8, 4) is 20.9 Å². The van der Waals surface area contributed by atoms with Gasteiger partial charge in [0, 0.05) is 18.7 Å². The van der Waals surface area contributed by atoms with E-state index < -0.39 is 0 Å². The third-order valence-electron chi connectivity index (χ3n) is 3.66. The Hall–Kier alpha value is -0.900. The standard InChI is InChI=1S/C18H14Br2S/c1-11-12(2)18(14-5-9-16(20)10-6-14)21-17(11)13-3-7-15(19)8-4-13/h3-10H,1-2H3. The van der Waals surface area contributed by atoms with Crippen molar-refractivity contribution in [2.45, 2.75) is 13.8 Å². The van der Waals surface area contributed by atoms with Crippen LogP contribution in [0.15, 0.2) is 57.5 Å². The summed E-state index contributed by atoms with van der Waals surface area (Å²) in [5.41, 5.74) is 5.32. The molecule has 3 rings (SSSR count). The van der Waals surface area contributed by atoms with Crippen LogP contribution in [0.3, 0.4) is 0 Å². The van der Waals surface area contributed by atoms with Crippen molar-refractivity contribution >= 4 is 43.2 Å². The lowest BCUT2D eigenvalue weighted by Crippen LogP contribution is -1.79. The summed E-state index contributed by atoms with van der Waals surface area (Å²) >= 11 is 8.87. The maximum atomic E-state index is 3.50. The zero-order valence-electron chi connectivity index (χ0n) is 11.8. The Balaban J connectivity index is 2.11. The van der Waals surface area contributed by atoms with Crippen molar-refractivity contribution in [1.82, 2.24) is 0 Å². The lowest BCUT2D eigenvalue weighted by atomic mass is 10.0. The van der Waals surface area contributed by atoms with Crippen LogP contribution in [-0.2, 0) is 0 Å². The first kappa shape index (κ1) is 15.0. The third-order valence-corrected chi connectivity index (χ3v) is 6.21. The zero-order chi connectivity index (χ0) is 15.0. The average molecular weight is 422 g/mol. The van der Waals surface area contributed by atoms with Crippen molar-refractivity contribution in [1.29, 1.82) is 0 Å². The minimum Gasteiger partial charge on any atom is -0.135 e. The van der Waals surface area contributed by atoms with Gasteiger partial charge in [-0.05, 0) is 60.4 Å². The van der Waals surface area contributed by atoms with Crippen LogP contribution in [0.5, 0.6) is 0 Å². The number of thiophene rings is 1. The van der Waals surface area contributed by atoms with Gasteiger partial charge >= 0.3 is 0 Å². The van der Waals surface area contributed by atoms with Gasteiger partial charge in [-0.1, -0.05) is 56.1 Å². The first-order valence-corrected chi connectivity index (χ1v) is 9.08. The topological polar surface area (TPSA) is 0 Å². The molecular formula is C18H14Br2S. The van der Waals surface area contributed by atoms with Gasteiger partial charge in [-0.3, -0.25) is 0 Å². The minimum absolute atomic E-state index is 1.12. The summed E-state index contributed by atoms with van der Waals surface area (Å²) in [5.74, 6) is 0. The number of benzene rings is 2. The SMILES string of the molecule is Cc1c(-c2ccc(Br)cc2)sc(-c2ccc(Br)cc2)c1C. The predicted octanol–water partition coefficient (Wildman–Crippen LogP) is 7.22. The monoisotopic (exact) mass is 420 g/mol. The Morgan fingerprint density at radius 1 is 0.619 bits per heavy atom. The van der Waals surface area contributed by atoms with E-state index >= 15 is 0 Å². The van der Waals surface area contributed by atoms with Crippen LogP contribution in [-0.4, -0.2) is 0 Å². The minimum atomic E-state index is 1.12. The summed E-state index contributed by atoms with van der Waals surface area (Å²) in [6, 6.07) is 17.1. The van der Waals surface area contributed by atoms with Gasteiger partial charge in [0.15, 0.2) is 0 Å². The van der Waals surface area contributed by atoms with Crippen LogP contribution in [0.1, 0.15) is 11.1 Å². The molecule has 0 saturated carbocycles. The molecule has 0 aliphatic heterocycles. The summed E-state index contributed by atoms with van der Waals surface area (Å²) in [6.45, 7) is 4.43. The molecule has 0 aliphatic carbocycles. The van der Waals surface area contributed by atoms with Crippen LogP contribution < -0.4 is 0 Å². The second-order valence-corrected chi connectivity index (χ2v) is 7.88. The molecule has 0 atom stereocenters. The van der Waals surface area contributed by atoms with Crippen LogP contribution >= 0.6 is 43.2 Å². The number of hydrogen-bond acceptors (Lipinski definition) is 1. The number of hydrogen-bond donors (Lipinski definition) is 0. The van der Waals surface area contributed by atoms with Crippen molar-refractivity contribution in [2.75, 3.05) is 0 Å². The quantitative estimate of drug-likeness (QED) is 0.409. The van der Waals surface area contributed by atoms with Gasteiger partial charge in [-0.2, -0.15) is 0 Å². The molecule has 0 radical (unpaired) electrons. The first-order valence-electron chi connectivity index (χ1n) is 6.68. The van der Waals surface area contributed by atoms with Crippen LogP contribution in [0.2, 0.25) is 0 Å². The summed E-state index contributed by atoms with van der Waals surface area (Å²) in [5, 5.41) is 0. The molecule has 0 amide bonds. The van der Waals surface area contributed by atoms with Crippen molar-refractivity contribution in [3.63, 3.8) is 0 Å². The molecule has 0 fully saturated rings. The van der Waals surface area contributed by atoms with E-state index in [0.717, 1.165) is 8.95 Å². The highest BCUT2D eigenvalue weighted by Crippen LogP contribution is 2.41. The Kier molecular flexibility index (Phi) is 4.34. The highest BCUT2D eigenvalue weighted by molar-refractivity contribution is 9.10.